The van der Waals surface area contributed by atoms with Crippen molar-refractivity contribution in [3.63, 3.8) is 0 Å². The Kier molecular flexibility index (Phi) is 22.5. The van der Waals surface area contributed by atoms with Crippen LogP contribution in [-0.2, 0) is 72.1 Å². The third kappa shape index (κ3) is 16.8. The van der Waals surface area contributed by atoms with Crippen molar-refractivity contribution in [2.45, 2.75) is 145 Å². The van der Waals surface area contributed by atoms with Crippen molar-refractivity contribution in [2.24, 2.45) is 22.9 Å². The lowest BCUT2D eigenvalue weighted by Gasteiger charge is -2.38. The second-order valence-electron chi connectivity index (χ2n) is 21.1. The van der Waals surface area contributed by atoms with Crippen LogP contribution in [0.3, 0.4) is 0 Å². The molecule has 1 unspecified atom stereocenters. The number of carboxylic acid groups (broad SMARTS) is 1. The molecule has 0 aromatic heterocycles. The number of esters is 2. The predicted octanol–water partition coefficient (Wildman–Crippen LogP) is 0.338. The fourth-order valence-corrected chi connectivity index (χ4v) is 9.83. The predicted molar refractivity (Wildman–Crippen MR) is 292 cm³/mol. The quantitative estimate of drug-likeness (QED) is 0.00900. The van der Waals surface area contributed by atoms with E-state index < -0.39 is 150 Å². The number of hydrogen-bond donors (Lipinski definition) is 9. The Balaban J connectivity index is 1.49. The zero-order valence-corrected chi connectivity index (χ0v) is 45.7. The van der Waals surface area contributed by atoms with Crippen LogP contribution in [0.1, 0.15) is 95.2 Å². The summed E-state index contributed by atoms with van der Waals surface area (Å²) in [4.78, 5) is 143. The summed E-state index contributed by atoms with van der Waals surface area (Å²) in [6.45, 7) is 3.03. The Morgan fingerprint density at radius 2 is 1.33 bits per heavy atom. The van der Waals surface area contributed by atoms with Gasteiger partial charge in [0.05, 0.1) is 18.6 Å². The Bertz CT molecular complexity index is 2750. The van der Waals surface area contributed by atoms with Crippen LogP contribution in [0.2, 0.25) is 0 Å². The van der Waals surface area contributed by atoms with Crippen LogP contribution in [0.5, 0.6) is 0 Å². The molecule has 7 atom stereocenters. The number of nitro groups is 1. The normalized spacial score (nSPS) is 17.7. The van der Waals surface area contributed by atoms with Crippen LogP contribution in [0.15, 0.2) is 91.0 Å². The smallest absolute Gasteiger partial charge is 0.347 e. The number of amides is 5. The number of likely N-dealkylation sites (tertiary alicyclic amines) is 2. The summed E-state index contributed by atoms with van der Waals surface area (Å²) in [7, 11) is 0. The number of Topliss-reactive ketones (excluding diaryl/α,β-unsaturated/α-hetero) is 1. The van der Waals surface area contributed by atoms with Crippen molar-refractivity contribution in [1.29, 1.82) is 5.41 Å². The number of nitrogens with one attached hydrogen (secondary N) is 4. The highest BCUT2D eigenvalue weighted by Crippen LogP contribution is 2.33. The van der Waals surface area contributed by atoms with Gasteiger partial charge < -0.3 is 63.3 Å². The Morgan fingerprint density at radius 3 is 1.89 bits per heavy atom. The molecule has 26 heteroatoms. The molecule has 2 aliphatic heterocycles. The van der Waals surface area contributed by atoms with E-state index in [9.17, 15) is 48.8 Å². The summed E-state index contributed by atoms with van der Waals surface area (Å²) in [6.07, 6.45) is -2.43. The van der Waals surface area contributed by atoms with Gasteiger partial charge in [-0.3, -0.25) is 34.2 Å². The van der Waals surface area contributed by atoms with E-state index >= 15 is 9.59 Å². The Morgan fingerprint density at radius 1 is 0.778 bits per heavy atom. The highest BCUT2D eigenvalue weighted by Gasteiger charge is 2.63. The summed E-state index contributed by atoms with van der Waals surface area (Å²) < 4.78 is 11.3. The number of carbonyl (C=O) groups is 9. The average Bonchev–Trinajstić information content (AvgIpc) is 4.29. The molecule has 2 saturated heterocycles. The molecule has 0 radical (unpaired) electrons. The van der Waals surface area contributed by atoms with E-state index in [4.69, 9.17) is 37.8 Å². The fourth-order valence-electron chi connectivity index (χ4n) is 9.83. The molecule has 13 N–H and O–H groups in total. The first-order valence-corrected chi connectivity index (χ1v) is 26.6. The molecule has 0 saturated carbocycles. The number of carboxylic acids is 1. The van der Waals surface area contributed by atoms with Crippen molar-refractivity contribution in [1.82, 2.24) is 30.8 Å². The minimum Gasteiger partial charge on any atom is -0.480 e. The van der Waals surface area contributed by atoms with Gasteiger partial charge in [0, 0.05) is 26.1 Å². The van der Waals surface area contributed by atoms with Crippen LogP contribution in [-0.4, -0.2) is 157 Å². The lowest BCUT2D eigenvalue weighted by atomic mass is 9.81. The highest BCUT2D eigenvalue weighted by molar-refractivity contribution is 6.13. The molecule has 2 aliphatic rings. The zero-order valence-electron chi connectivity index (χ0n) is 45.7. The molecule has 5 rings (SSSR count). The third-order valence-electron chi connectivity index (χ3n) is 13.9. The van der Waals surface area contributed by atoms with Crippen LogP contribution in [0.4, 0.5) is 0 Å². The number of nitrogens with zero attached hydrogens (tertiary/aromatic N) is 4. The van der Waals surface area contributed by atoms with Gasteiger partial charge in [0.2, 0.25) is 17.7 Å². The molecule has 0 aliphatic carbocycles. The number of ketones is 1. The van der Waals surface area contributed by atoms with Crippen LogP contribution in [0, 0.1) is 15.5 Å². The highest BCUT2D eigenvalue weighted by atomic mass is 16.7. The number of hydrazine groups is 1. The number of guanidine groups is 1. The van der Waals surface area contributed by atoms with Gasteiger partial charge in [0.15, 0.2) is 22.3 Å². The van der Waals surface area contributed by atoms with Gasteiger partial charge >= 0.3 is 23.8 Å². The molecule has 3 aromatic carbocycles. The molecule has 26 nitrogen and oxygen atoms in total. The molecule has 2 heterocycles. The molecular formula is C55H74N12O14. The van der Waals surface area contributed by atoms with E-state index in [0.717, 1.165) is 10.5 Å². The molecule has 5 amide bonds. The van der Waals surface area contributed by atoms with Crippen molar-refractivity contribution in [3.8, 4) is 0 Å². The topological polar surface area (TPSA) is 409 Å². The van der Waals surface area contributed by atoms with Gasteiger partial charge in [-0.15, -0.1) is 0 Å². The number of aliphatic carboxylic acids is 1. The van der Waals surface area contributed by atoms with Gasteiger partial charge in [-0.05, 0) is 107 Å². The molecule has 2 fully saturated rings. The summed E-state index contributed by atoms with van der Waals surface area (Å²) in [6, 6.07) is 17.8. The standard InChI is InChI=1S/C55H74N12O14/c1-53(2,3)81-51(77)55(27-16-28-61-52(58)59,44(69)38(56)23-13-26-54(60,49(75)65-30-15-25-42(65)48(73)74)50(76)80-34-37-21-11-6-12-22-37)66(67(78)79)47(72)40(32-36-19-9-5-10-20-36)63-46(71)41-24-14-29-64(41)43(68)33-62-45(70)39(57)31-35-17-7-4-8-18-35/h4-12,17-22,38-42H,13-16,23-34,56-57,60H2,1-3H3,(H,62,70)(H,63,71)(H,73,74)(H4,58,59,61)/t38?,39-,40-,41-,42-,54-,55-/m0/s1. The van der Waals surface area contributed by atoms with E-state index in [2.05, 4.69) is 16.0 Å². The molecule has 81 heavy (non-hydrogen) atoms. The monoisotopic (exact) mass is 1130 g/mol. The molecule has 3 aromatic rings. The van der Waals surface area contributed by atoms with E-state index in [1.165, 1.54) is 25.7 Å². The Hall–Kier alpha value is -8.36. The molecule has 0 bridgehead atoms. The third-order valence-corrected chi connectivity index (χ3v) is 13.9. The number of rotatable bonds is 28. The van der Waals surface area contributed by atoms with E-state index in [1.807, 2.05) is 0 Å². The number of carbonyl (C=O) groups excluding carboxylic acids is 8. The lowest BCUT2D eigenvalue weighted by molar-refractivity contribution is -0.647. The largest absolute Gasteiger partial charge is 0.480 e. The number of ether oxygens (including phenoxy) is 2. The van der Waals surface area contributed by atoms with Gasteiger partial charge in [-0.25, -0.2) is 24.5 Å². The van der Waals surface area contributed by atoms with E-state index in [1.54, 1.807) is 91.0 Å². The number of nitrogens with two attached hydrogens (primary N) is 4. The van der Waals surface area contributed by atoms with Gasteiger partial charge in [-0.2, -0.15) is 0 Å². The lowest BCUT2D eigenvalue weighted by Crippen LogP contribution is -2.70. The minimum atomic E-state index is -3.27. The first-order chi connectivity index (χ1) is 38.3. The number of hydrogen-bond acceptors (Lipinski definition) is 17. The summed E-state index contributed by atoms with van der Waals surface area (Å²) in [5.41, 5.74) is 19.3. The van der Waals surface area contributed by atoms with Crippen molar-refractivity contribution in [2.75, 3.05) is 26.2 Å². The van der Waals surface area contributed by atoms with E-state index in [-0.39, 0.29) is 63.4 Å². The molecule has 0 spiro atoms. The van der Waals surface area contributed by atoms with Crippen LogP contribution in [0.25, 0.3) is 0 Å². The minimum absolute atomic E-state index is 0.0546. The number of benzene rings is 3. The van der Waals surface area contributed by atoms with Gasteiger partial charge in [0.25, 0.3) is 11.4 Å². The van der Waals surface area contributed by atoms with Crippen LogP contribution >= 0.6 is 0 Å². The molecule has 438 valence electrons. The van der Waals surface area contributed by atoms with Gasteiger partial charge in [0.1, 0.15) is 30.3 Å². The molecular weight excluding hydrogens is 1050 g/mol. The fraction of sp³-hybridized carbons (Fsp3) is 0.491. The SMILES string of the molecule is CC(C)(C)OC(=O)[C@](CCCNC(=N)N)(C(=O)C(N)CCC[C@@](N)(C(=O)OCc1ccccc1)C(=O)N1CCC[C@H]1C(=O)O)N(C(=O)[C@H](Cc1ccccc1)NC(=O)[C@@H]1CCCN1C(=O)CNC(=O)[C@@H](N)Cc1ccccc1)[N+](=O)[O-]. The maximum Gasteiger partial charge on any atom is 0.347 e. The zero-order chi connectivity index (χ0) is 59.7. The average molecular weight is 1130 g/mol. The van der Waals surface area contributed by atoms with E-state index in [0.29, 0.717) is 17.5 Å². The second-order valence-corrected chi connectivity index (χ2v) is 21.1. The second kappa shape index (κ2) is 28.7. The van der Waals surface area contributed by atoms with Crippen molar-refractivity contribution < 1.29 is 62.8 Å². The first-order valence-electron chi connectivity index (χ1n) is 26.6. The van der Waals surface area contributed by atoms with Crippen molar-refractivity contribution in [3.05, 3.63) is 118 Å². The maximum absolute atomic E-state index is 15.4. The van der Waals surface area contributed by atoms with Gasteiger partial charge in [-0.1, -0.05) is 91.0 Å². The first kappa shape index (κ1) is 63.5. The Labute approximate surface area is 468 Å². The van der Waals surface area contributed by atoms with Crippen molar-refractivity contribution >= 4 is 59.2 Å². The summed E-state index contributed by atoms with van der Waals surface area (Å²) in [5, 5.41) is 37.5. The maximum atomic E-state index is 15.4. The summed E-state index contributed by atoms with van der Waals surface area (Å²) >= 11 is 0. The summed E-state index contributed by atoms with van der Waals surface area (Å²) in [5.74, 6) is -11.1. The van der Waals surface area contributed by atoms with Crippen LogP contribution < -0.4 is 38.9 Å².